The molecule has 1 aliphatic heterocycles. The van der Waals surface area contributed by atoms with Crippen LogP contribution >= 0.6 is 0 Å². The van der Waals surface area contributed by atoms with Crippen LogP contribution in [0.3, 0.4) is 0 Å². The Balaban J connectivity index is 0.000000339. The quantitative estimate of drug-likeness (QED) is 0.439. The predicted octanol–water partition coefficient (Wildman–Crippen LogP) is 3.36. The number of amides is 2. The van der Waals surface area contributed by atoms with Crippen LogP contribution in [0.15, 0.2) is 24.3 Å². The van der Waals surface area contributed by atoms with Crippen molar-refractivity contribution in [3.63, 3.8) is 0 Å². The molecule has 168 valence electrons. The molecule has 2 amide bonds. The third-order valence-electron chi connectivity index (χ3n) is 4.18. The molecule has 0 spiro atoms. The Kier molecular flexibility index (Phi) is 10.3. The van der Waals surface area contributed by atoms with Crippen molar-refractivity contribution in [3.05, 3.63) is 52.6 Å². The van der Waals surface area contributed by atoms with Crippen molar-refractivity contribution in [2.24, 2.45) is 0 Å². The number of anilines is 1. The van der Waals surface area contributed by atoms with Gasteiger partial charge in [0.1, 0.15) is 12.1 Å². The van der Waals surface area contributed by atoms with Gasteiger partial charge < -0.3 is 25.5 Å². The highest BCUT2D eigenvalue weighted by molar-refractivity contribution is 6.34. The molecule has 1 atom stereocenters. The van der Waals surface area contributed by atoms with E-state index in [1.807, 2.05) is 19.9 Å². The van der Waals surface area contributed by atoms with Crippen molar-refractivity contribution in [1.29, 1.82) is 0 Å². The van der Waals surface area contributed by atoms with Gasteiger partial charge in [-0.05, 0) is 70.0 Å². The van der Waals surface area contributed by atoms with Gasteiger partial charge in [-0.2, -0.15) is 0 Å². The fraction of sp³-hybridized carbons (Fsp3) is 0.348. The number of carbonyl (C=O) groups excluding carboxylic acids is 3. The van der Waals surface area contributed by atoms with E-state index >= 15 is 0 Å². The van der Waals surface area contributed by atoms with Crippen LogP contribution in [0.4, 0.5) is 10.1 Å². The molecule has 0 fully saturated rings. The maximum absolute atomic E-state index is 13.3. The molecule has 7 nitrogen and oxygen atoms in total. The summed E-state index contributed by atoms with van der Waals surface area (Å²) in [6.07, 6.45) is 2.82. The van der Waals surface area contributed by atoms with Gasteiger partial charge in [0.15, 0.2) is 0 Å². The second-order valence-electron chi connectivity index (χ2n) is 7.11. The van der Waals surface area contributed by atoms with Gasteiger partial charge in [0, 0.05) is 36.1 Å². The number of fused-ring (bicyclic) bond motifs is 1. The smallest absolute Gasteiger partial charge is 0.256 e. The van der Waals surface area contributed by atoms with E-state index < -0.39 is 0 Å². The molecule has 1 aromatic carbocycles. The van der Waals surface area contributed by atoms with E-state index in [0.29, 0.717) is 29.8 Å². The number of aromatic nitrogens is 1. The highest BCUT2D eigenvalue weighted by Crippen LogP contribution is 2.33. The molecule has 0 aliphatic carbocycles. The van der Waals surface area contributed by atoms with E-state index in [4.69, 9.17) is 9.90 Å². The van der Waals surface area contributed by atoms with Gasteiger partial charge in [0.25, 0.3) is 5.91 Å². The number of aromatic amines is 1. The minimum absolute atomic E-state index is 0.0457. The first kappa shape index (κ1) is 25.8. The monoisotopic (exact) mass is 431 g/mol. The lowest BCUT2D eigenvalue weighted by molar-refractivity contribution is -0.119. The third kappa shape index (κ3) is 8.55. The summed E-state index contributed by atoms with van der Waals surface area (Å²) in [6.45, 7) is 9.09. The van der Waals surface area contributed by atoms with Crippen molar-refractivity contribution >= 4 is 35.4 Å². The first-order chi connectivity index (χ1) is 14.6. The lowest BCUT2D eigenvalue weighted by atomic mass is 10.1. The van der Waals surface area contributed by atoms with Crippen molar-refractivity contribution in [2.45, 2.75) is 47.1 Å². The van der Waals surface area contributed by atoms with E-state index in [9.17, 15) is 14.0 Å². The zero-order valence-corrected chi connectivity index (χ0v) is 18.5. The Hall–Kier alpha value is -3.26. The lowest BCUT2D eigenvalue weighted by Crippen LogP contribution is -2.23. The predicted molar refractivity (Wildman–Crippen MR) is 120 cm³/mol. The minimum atomic E-state index is -0.347. The van der Waals surface area contributed by atoms with Crippen LogP contribution in [0.1, 0.15) is 49.7 Å². The zero-order chi connectivity index (χ0) is 23.6. The summed E-state index contributed by atoms with van der Waals surface area (Å²) in [7, 11) is 0. The van der Waals surface area contributed by atoms with E-state index in [1.54, 1.807) is 19.1 Å². The van der Waals surface area contributed by atoms with Crippen LogP contribution in [-0.2, 0) is 14.4 Å². The average molecular weight is 432 g/mol. The van der Waals surface area contributed by atoms with Gasteiger partial charge in [0.05, 0.1) is 11.7 Å². The molecule has 8 heteroatoms. The third-order valence-corrected chi connectivity index (χ3v) is 4.18. The van der Waals surface area contributed by atoms with Crippen LogP contribution in [0.25, 0.3) is 11.6 Å². The summed E-state index contributed by atoms with van der Waals surface area (Å²) in [6, 6.07) is 6.30. The molecule has 0 radical (unpaired) electrons. The van der Waals surface area contributed by atoms with Crippen LogP contribution in [0, 0.1) is 19.7 Å². The molecule has 0 saturated heterocycles. The number of aldehydes is 1. The first-order valence-corrected chi connectivity index (χ1v) is 9.90. The number of benzene rings is 1. The van der Waals surface area contributed by atoms with Crippen LogP contribution in [-0.4, -0.2) is 40.8 Å². The number of hydrogen-bond acceptors (Lipinski definition) is 4. The fourth-order valence-electron chi connectivity index (χ4n) is 2.80. The molecule has 2 aromatic rings. The van der Waals surface area contributed by atoms with Crippen LogP contribution < -0.4 is 10.6 Å². The summed E-state index contributed by atoms with van der Waals surface area (Å²) < 4.78 is 13.3. The summed E-state index contributed by atoms with van der Waals surface area (Å²) in [5.74, 6) is -0.594. The largest absolute Gasteiger partial charge is 0.393 e. The summed E-state index contributed by atoms with van der Waals surface area (Å²) in [5, 5.41) is 14.0. The van der Waals surface area contributed by atoms with Gasteiger partial charge in [-0.3, -0.25) is 9.59 Å². The highest BCUT2D eigenvalue weighted by Gasteiger charge is 2.24. The Morgan fingerprint density at radius 2 is 1.94 bits per heavy atom. The fourth-order valence-corrected chi connectivity index (χ4v) is 2.80. The van der Waals surface area contributed by atoms with E-state index in [-0.39, 0.29) is 23.7 Å². The topological polar surface area (TPSA) is 111 Å². The van der Waals surface area contributed by atoms with Gasteiger partial charge in [0.2, 0.25) is 5.91 Å². The number of hydrogen-bond donors (Lipinski definition) is 4. The molecule has 0 bridgehead atoms. The highest BCUT2D eigenvalue weighted by atomic mass is 19.1. The van der Waals surface area contributed by atoms with Crippen LogP contribution in [0.5, 0.6) is 0 Å². The Morgan fingerprint density at radius 1 is 1.29 bits per heavy atom. The Bertz CT molecular complexity index is 948. The van der Waals surface area contributed by atoms with Gasteiger partial charge in [-0.1, -0.05) is 0 Å². The van der Waals surface area contributed by atoms with Gasteiger partial charge in [-0.15, -0.1) is 0 Å². The Morgan fingerprint density at radius 3 is 2.45 bits per heavy atom. The SMILES string of the molecule is CC(=O)NCCC(C)O.CC=O.Cc1cc(C)c(/C=C2\C(=O)Nc3ccc(F)cc32)[nH]1. The van der Waals surface area contributed by atoms with E-state index in [0.717, 1.165) is 23.2 Å². The summed E-state index contributed by atoms with van der Waals surface area (Å²) in [5.41, 5.74) is 4.71. The molecule has 3 rings (SSSR count). The number of aliphatic hydroxyl groups is 1. The number of H-pyrrole nitrogens is 1. The van der Waals surface area contributed by atoms with Gasteiger partial charge in [-0.25, -0.2) is 4.39 Å². The Labute approximate surface area is 181 Å². The summed E-state index contributed by atoms with van der Waals surface area (Å²) in [4.78, 5) is 34.2. The molecule has 31 heavy (non-hydrogen) atoms. The lowest BCUT2D eigenvalue weighted by Gasteiger charge is -2.02. The minimum Gasteiger partial charge on any atom is -0.393 e. The molecule has 0 saturated carbocycles. The molecule has 4 N–H and O–H groups in total. The average Bonchev–Trinajstić information content (AvgIpc) is 3.14. The van der Waals surface area contributed by atoms with E-state index in [2.05, 4.69) is 15.6 Å². The molecular weight excluding hydrogens is 401 g/mol. The number of halogens is 1. The molecule has 1 unspecified atom stereocenters. The zero-order valence-electron chi connectivity index (χ0n) is 18.5. The number of rotatable bonds is 4. The molecule has 1 aromatic heterocycles. The normalized spacial score (nSPS) is 13.8. The van der Waals surface area contributed by atoms with E-state index in [1.165, 1.54) is 26.0 Å². The maximum atomic E-state index is 13.3. The molecular formula is C23H30FN3O4. The van der Waals surface area contributed by atoms with Gasteiger partial charge >= 0.3 is 0 Å². The number of carbonyl (C=O) groups is 3. The second-order valence-corrected chi connectivity index (χ2v) is 7.11. The number of aliphatic hydroxyl groups excluding tert-OH is 1. The van der Waals surface area contributed by atoms with Crippen molar-refractivity contribution in [1.82, 2.24) is 10.3 Å². The second kappa shape index (κ2) is 12.4. The van der Waals surface area contributed by atoms with Crippen molar-refractivity contribution in [3.8, 4) is 0 Å². The van der Waals surface area contributed by atoms with Crippen LogP contribution in [0.2, 0.25) is 0 Å². The maximum Gasteiger partial charge on any atom is 0.256 e. The molecule has 2 heterocycles. The van der Waals surface area contributed by atoms with Crippen molar-refractivity contribution in [2.75, 3.05) is 11.9 Å². The standard InChI is InChI=1S/C15H13FN2O.C6H13NO2.C2H4O/c1-8-5-9(2)17-14(8)7-12-11-6-10(16)3-4-13(11)18-15(12)19;1-5(8)3-4-7-6(2)9;1-2-3/h3-7,17H,1-2H3,(H,18,19);5,8H,3-4H2,1-2H3,(H,7,9);2H,1H3/b12-7-;;. The van der Waals surface area contributed by atoms with Crippen molar-refractivity contribution < 1.29 is 23.9 Å². The summed E-state index contributed by atoms with van der Waals surface area (Å²) >= 11 is 0. The number of nitrogens with one attached hydrogen (secondary N) is 3. The first-order valence-electron chi connectivity index (χ1n) is 9.90. The number of aryl methyl sites for hydroxylation is 2. The molecule has 1 aliphatic rings.